The summed E-state index contributed by atoms with van der Waals surface area (Å²) in [6.07, 6.45) is 0. The van der Waals surface area contributed by atoms with Gasteiger partial charge in [-0.05, 0) is 30.8 Å². The summed E-state index contributed by atoms with van der Waals surface area (Å²) < 4.78 is 8.63. The lowest BCUT2D eigenvalue weighted by Crippen LogP contribution is -2.47. The smallest absolute Gasteiger partial charge is 0.365 e. The zero-order chi connectivity index (χ0) is 20.6. The molecule has 0 aromatic heterocycles. The maximum atomic E-state index is 12.2. The van der Waals surface area contributed by atoms with E-state index in [1.807, 2.05) is 0 Å². The third-order valence-electron chi connectivity index (χ3n) is 4.21. The molecule has 0 amide bonds. The van der Waals surface area contributed by atoms with Crippen molar-refractivity contribution >= 4 is 51.9 Å². The Morgan fingerprint density at radius 1 is 1.14 bits per heavy atom. The zero-order valence-corrected chi connectivity index (χ0v) is 17.0. The van der Waals surface area contributed by atoms with E-state index in [4.69, 9.17) is 9.47 Å². The molecule has 0 saturated heterocycles. The number of carbonyl (C=O) groups excluding carboxylic acids is 2. The van der Waals surface area contributed by atoms with Gasteiger partial charge in [-0.15, -0.1) is 0 Å². The highest BCUT2D eigenvalue weighted by Crippen LogP contribution is 2.58. The summed E-state index contributed by atoms with van der Waals surface area (Å²) in [5.74, 6) is -1.12. The zero-order valence-electron chi connectivity index (χ0n) is 15.4. The topological polar surface area (TPSA) is 115 Å². The van der Waals surface area contributed by atoms with Crippen molar-refractivity contribution in [2.24, 2.45) is 5.10 Å². The van der Waals surface area contributed by atoms with Gasteiger partial charge < -0.3 is 14.4 Å². The summed E-state index contributed by atoms with van der Waals surface area (Å²) in [4.78, 5) is 36.9. The molecule has 0 aliphatic carbocycles. The third kappa shape index (κ3) is 3.07. The molecular weight excluding hydrogens is 408 g/mol. The number of nitrogens with zero attached hydrogens (tertiary/aromatic N) is 4. The molecule has 12 heteroatoms. The number of rotatable bonds is 4. The molecule has 0 radical (unpaired) electrons. The van der Waals surface area contributed by atoms with Gasteiger partial charge in [-0.1, -0.05) is 11.8 Å². The molecular formula is C16H16N4O6S2. The van der Waals surface area contributed by atoms with Crippen LogP contribution in [0.15, 0.2) is 40.0 Å². The fraction of sp³-hybridized carbons (Fsp3) is 0.312. The molecule has 1 aromatic rings. The Labute approximate surface area is 168 Å². The highest BCUT2D eigenvalue weighted by molar-refractivity contribution is 8.28. The SMILES string of the molecule is COC(=O)C1=NN(c2ccc([N+](=O)[O-])cc2)[C@@]2(S1)SC(C(=O)OC)=C(C)N2C. The van der Waals surface area contributed by atoms with Crippen molar-refractivity contribution in [1.29, 1.82) is 0 Å². The maximum absolute atomic E-state index is 12.2. The minimum atomic E-state index is -1.02. The number of methoxy groups -OCH3 is 2. The van der Waals surface area contributed by atoms with E-state index >= 15 is 0 Å². The Morgan fingerprint density at radius 3 is 2.29 bits per heavy atom. The van der Waals surface area contributed by atoms with E-state index in [2.05, 4.69) is 5.10 Å². The average Bonchev–Trinajstić information content (AvgIpc) is 3.21. The van der Waals surface area contributed by atoms with Crippen molar-refractivity contribution in [3.8, 4) is 0 Å². The van der Waals surface area contributed by atoms with E-state index in [1.165, 1.54) is 55.3 Å². The lowest BCUT2D eigenvalue weighted by molar-refractivity contribution is -0.384. The van der Waals surface area contributed by atoms with E-state index < -0.39 is 21.2 Å². The highest BCUT2D eigenvalue weighted by Gasteiger charge is 2.56. The number of benzene rings is 1. The monoisotopic (exact) mass is 424 g/mol. The second kappa shape index (κ2) is 7.36. The van der Waals surface area contributed by atoms with E-state index in [-0.39, 0.29) is 10.7 Å². The Morgan fingerprint density at radius 2 is 1.75 bits per heavy atom. The molecule has 0 fully saturated rings. The predicted octanol–water partition coefficient (Wildman–Crippen LogP) is 2.33. The van der Waals surface area contributed by atoms with Crippen LogP contribution in [0.1, 0.15) is 6.92 Å². The highest BCUT2D eigenvalue weighted by atomic mass is 32.2. The number of allylic oxidation sites excluding steroid dienone is 1. The summed E-state index contributed by atoms with van der Waals surface area (Å²) in [6, 6.07) is 5.76. The first-order chi connectivity index (χ1) is 13.2. The normalized spacial score (nSPS) is 21.2. The summed E-state index contributed by atoms with van der Waals surface area (Å²) in [5.41, 5.74) is 1.09. The fourth-order valence-corrected chi connectivity index (χ4v) is 5.57. The second-order valence-electron chi connectivity index (χ2n) is 5.70. The number of esters is 2. The van der Waals surface area contributed by atoms with Gasteiger partial charge in [0, 0.05) is 24.9 Å². The number of hydrazone groups is 1. The van der Waals surface area contributed by atoms with Crippen LogP contribution >= 0.6 is 23.5 Å². The Hall–Kier alpha value is -2.73. The summed E-state index contributed by atoms with van der Waals surface area (Å²) in [6.45, 7) is 1.76. The van der Waals surface area contributed by atoms with Crippen molar-refractivity contribution in [2.75, 3.05) is 26.3 Å². The molecule has 2 heterocycles. The van der Waals surface area contributed by atoms with Gasteiger partial charge in [0.2, 0.25) is 9.37 Å². The first-order valence-corrected chi connectivity index (χ1v) is 9.51. The standard InChI is InChI=1S/C16H16N4O6S2/c1-9-12(14(21)25-3)27-16(18(9)2)19(17-13(28-16)15(22)26-4)10-5-7-11(8-6-10)20(23)24/h5-8H,1-4H3/t16-/m1/s1. The van der Waals surface area contributed by atoms with Crippen molar-refractivity contribution in [1.82, 2.24) is 4.90 Å². The van der Waals surface area contributed by atoms with Gasteiger partial charge in [0.25, 0.3) is 5.69 Å². The number of non-ortho nitro benzene ring substituents is 1. The van der Waals surface area contributed by atoms with E-state index in [1.54, 1.807) is 18.9 Å². The molecule has 3 rings (SSSR count). The number of hydrogen-bond acceptors (Lipinski definition) is 11. The van der Waals surface area contributed by atoms with Gasteiger partial charge in [-0.2, -0.15) is 5.10 Å². The molecule has 2 aliphatic rings. The van der Waals surface area contributed by atoms with Gasteiger partial charge in [0.05, 0.1) is 24.8 Å². The Kier molecular flexibility index (Phi) is 5.26. The van der Waals surface area contributed by atoms with Crippen molar-refractivity contribution in [2.45, 2.75) is 11.3 Å². The fourth-order valence-electron chi connectivity index (χ4n) is 2.65. The molecule has 10 nitrogen and oxygen atoms in total. The molecule has 1 atom stereocenters. The van der Waals surface area contributed by atoms with Gasteiger partial charge in [0.15, 0.2) is 0 Å². The molecule has 28 heavy (non-hydrogen) atoms. The average molecular weight is 424 g/mol. The number of nitro benzene ring substituents is 1. The number of thioether (sulfide) groups is 2. The van der Waals surface area contributed by atoms with Crippen LogP contribution in [0.2, 0.25) is 0 Å². The van der Waals surface area contributed by atoms with Crippen molar-refractivity contribution in [3.63, 3.8) is 0 Å². The van der Waals surface area contributed by atoms with E-state index in [9.17, 15) is 19.7 Å². The molecule has 0 unspecified atom stereocenters. The van der Waals surface area contributed by atoms with Crippen LogP contribution < -0.4 is 5.01 Å². The molecule has 2 aliphatic heterocycles. The predicted molar refractivity (Wildman–Crippen MR) is 105 cm³/mol. The molecule has 148 valence electrons. The van der Waals surface area contributed by atoms with Crippen molar-refractivity contribution < 1.29 is 24.0 Å². The van der Waals surface area contributed by atoms with Gasteiger partial charge >= 0.3 is 11.9 Å². The summed E-state index contributed by atoms with van der Waals surface area (Å²) in [7, 11) is 4.31. The summed E-state index contributed by atoms with van der Waals surface area (Å²) >= 11 is 2.30. The van der Waals surface area contributed by atoms with E-state index in [0.29, 0.717) is 16.3 Å². The number of ether oxygens (including phenoxy) is 2. The molecule has 0 N–H and O–H groups in total. The van der Waals surface area contributed by atoms with Gasteiger partial charge in [-0.3, -0.25) is 10.1 Å². The number of anilines is 1. The number of carbonyl (C=O) groups is 2. The lowest BCUT2D eigenvalue weighted by atomic mass is 10.3. The van der Waals surface area contributed by atoms with Crippen LogP contribution in [0, 0.1) is 10.1 Å². The second-order valence-corrected chi connectivity index (χ2v) is 8.30. The van der Waals surface area contributed by atoms with Crippen LogP contribution in [0.3, 0.4) is 0 Å². The quantitative estimate of drug-likeness (QED) is 0.405. The summed E-state index contributed by atoms with van der Waals surface area (Å²) in [5, 5.41) is 16.9. The third-order valence-corrected chi connectivity index (χ3v) is 7.25. The van der Waals surface area contributed by atoms with Gasteiger partial charge in [0.1, 0.15) is 4.91 Å². The first kappa shape index (κ1) is 20.0. The maximum Gasteiger partial charge on any atom is 0.365 e. The number of nitro groups is 1. The van der Waals surface area contributed by atoms with Crippen LogP contribution in [-0.2, 0) is 19.1 Å². The van der Waals surface area contributed by atoms with Crippen LogP contribution in [0.25, 0.3) is 0 Å². The van der Waals surface area contributed by atoms with E-state index in [0.717, 1.165) is 11.8 Å². The van der Waals surface area contributed by atoms with Crippen molar-refractivity contribution in [3.05, 3.63) is 45.0 Å². The molecule has 1 aromatic carbocycles. The first-order valence-electron chi connectivity index (χ1n) is 7.87. The van der Waals surface area contributed by atoms with Crippen LogP contribution in [0.4, 0.5) is 11.4 Å². The minimum absolute atomic E-state index is 0.0706. The Balaban J connectivity index is 2.06. The Bertz CT molecular complexity index is 916. The molecule has 1 spiro atoms. The van der Waals surface area contributed by atoms with Crippen LogP contribution in [-0.4, -0.2) is 52.4 Å². The largest absolute Gasteiger partial charge is 0.465 e. The number of hydrogen-bond donors (Lipinski definition) is 0. The minimum Gasteiger partial charge on any atom is -0.465 e. The molecule has 0 bridgehead atoms. The van der Waals surface area contributed by atoms with Crippen LogP contribution in [0.5, 0.6) is 0 Å². The molecule has 0 saturated carbocycles. The lowest BCUT2D eigenvalue weighted by Gasteiger charge is -2.39. The van der Waals surface area contributed by atoms with Gasteiger partial charge in [-0.25, -0.2) is 14.6 Å².